The minimum Gasteiger partial charge on any atom is -0.497 e. The zero-order valence-electron chi connectivity index (χ0n) is 16.8. The summed E-state index contributed by atoms with van der Waals surface area (Å²) in [4.78, 5) is 11.6. The van der Waals surface area contributed by atoms with E-state index in [9.17, 15) is 4.79 Å². The average Bonchev–Trinajstić information content (AvgIpc) is 2.75. The van der Waals surface area contributed by atoms with Crippen molar-refractivity contribution >= 4 is 17.3 Å². The van der Waals surface area contributed by atoms with E-state index < -0.39 is 0 Å². The first-order valence-corrected chi connectivity index (χ1v) is 9.57. The fourth-order valence-electron chi connectivity index (χ4n) is 2.25. The lowest BCUT2D eigenvalue weighted by Gasteiger charge is -2.09. The highest BCUT2D eigenvalue weighted by atomic mass is 16.5. The molecule has 0 fully saturated rings. The van der Waals surface area contributed by atoms with E-state index in [-0.39, 0.29) is 11.9 Å². The summed E-state index contributed by atoms with van der Waals surface area (Å²) >= 11 is 0. The van der Waals surface area contributed by atoms with Crippen LogP contribution in [0, 0.1) is 5.92 Å². The molecule has 6 nitrogen and oxygen atoms in total. The quantitative estimate of drug-likeness (QED) is 0.276. The fraction of sp³-hybridized carbons (Fsp3) is 0.409. The van der Waals surface area contributed by atoms with Gasteiger partial charge in [0, 0.05) is 0 Å². The van der Waals surface area contributed by atoms with Gasteiger partial charge in [0.15, 0.2) is 0 Å². The first-order chi connectivity index (χ1) is 13.6. The highest BCUT2D eigenvalue weighted by molar-refractivity contribution is 5.71. The number of benzene rings is 2. The molecule has 6 heteroatoms. The molecule has 2 rings (SSSR count). The molecule has 0 saturated heterocycles. The number of esters is 1. The second kappa shape index (κ2) is 11.7. The molecular formula is C22H28N2O4. The molecule has 1 unspecified atom stereocenters. The Labute approximate surface area is 166 Å². The first-order valence-electron chi connectivity index (χ1n) is 9.57. The van der Waals surface area contributed by atoms with Crippen molar-refractivity contribution in [3.63, 3.8) is 0 Å². The Balaban J connectivity index is 1.68. The number of rotatable bonds is 11. The van der Waals surface area contributed by atoms with Crippen LogP contribution in [-0.2, 0) is 9.53 Å². The number of nitrogens with zero attached hydrogens (tertiary/aromatic N) is 2. The summed E-state index contributed by atoms with van der Waals surface area (Å²) in [5.41, 5.74) is 1.51. The van der Waals surface area contributed by atoms with Gasteiger partial charge >= 0.3 is 5.97 Å². The monoisotopic (exact) mass is 384 g/mol. The SMILES string of the molecule is CCC(C)C(=O)OCCCCOc1ccc(/N=N/c2ccc(OC)cc2)cc1. The zero-order valence-corrected chi connectivity index (χ0v) is 16.8. The predicted octanol–water partition coefficient (Wildman–Crippen LogP) is 5.86. The molecule has 0 spiro atoms. The van der Waals surface area contributed by atoms with Gasteiger partial charge in [-0.15, -0.1) is 0 Å². The van der Waals surface area contributed by atoms with Crippen LogP contribution >= 0.6 is 0 Å². The van der Waals surface area contributed by atoms with Crippen molar-refractivity contribution in [2.24, 2.45) is 16.1 Å². The smallest absolute Gasteiger partial charge is 0.308 e. The number of carbonyl (C=O) groups is 1. The van der Waals surface area contributed by atoms with E-state index in [2.05, 4.69) is 10.2 Å². The minimum absolute atomic E-state index is 0.0309. The van der Waals surface area contributed by atoms with Gasteiger partial charge in [-0.05, 0) is 67.8 Å². The number of carbonyl (C=O) groups excluding carboxylic acids is 1. The highest BCUT2D eigenvalue weighted by Gasteiger charge is 2.10. The van der Waals surface area contributed by atoms with Crippen LogP contribution in [0.5, 0.6) is 11.5 Å². The van der Waals surface area contributed by atoms with Crippen molar-refractivity contribution < 1.29 is 19.0 Å². The molecule has 28 heavy (non-hydrogen) atoms. The van der Waals surface area contributed by atoms with Crippen LogP contribution in [0.25, 0.3) is 0 Å². The van der Waals surface area contributed by atoms with E-state index >= 15 is 0 Å². The Kier molecular flexibility index (Phi) is 8.98. The topological polar surface area (TPSA) is 69.5 Å². The molecule has 2 aromatic carbocycles. The lowest BCUT2D eigenvalue weighted by Crippen LogP contribution is -2.14. The zero-order chi connectivity index (χ0) is 20.2. The molecule has 0 radical (unpaired) electrons. The van der Waals surface area contributed by atoms with Gasteiger partial charge in [0.25, 0.3) is 0 Å². The summed E-state index contributed by atoms with van der Waals surface area (Å²) in [7, 11) is 1.63. The second-order valence-electron chi connectivity index (χ2n) is 6.42. The van der Waals surface area contributed by atoms with E-state index in [1.165, 1.54) is 0 Å². The summed E-state index contributed by atoms with van der Waals surface area (Å²) in [5.74, 6) is 1.41. The Morgan fingerprint density at radius 2 is 1.43 bits per heavy atom. The first kappa shape index (κ1) is 21.4. The fourth-order valence-corrected chi connectivity index (χ4v) is 2.25. The Hall–Kier alpha value is -2.89. The van der Waals surface area contributed by atoms with Crippen LogP contribution in [0.1, 0.15) is 33.1 Å². The van der Waals surface area contributed by atoms with Gasteiger partial charge in [-0.25, -0.2) is 0 Å². The maximum absolute atomic E-state index is 11.6. The standard InChI is InChI=1S/C22H28N2O4/c1-4-17(2)22(25)28-16-6-5-15-27-21-13-9-19(10-14-21)24-23-18-7-11-20(26-3)12-8-18/h7-14,17H,4-6,15-16H2,1-3H3/b24-23+. The minimum atomic E-state index is -0.122. The van der Waals surface area contributed by atoms with Gasteiger partial charge < -0.3 is 14.2 Å². The molecule has 0 N–H and O–H groups in total. The molecule has 0 aliphatic rings. The third kappa shape index (κ3) is 7.39. The Bertz CT molecular complexity index is 742. The van der Waals surface area contributed by atoms with Crippen LogP contribution in [0.4, 0.5) is 11.4 Å². The van der Waals surface area contributed by atoms with Crippen molar-refractivity contribution in [1.29, 1.82) is 0 Å². The van der Waals surface area contributed by atoms with E-state index in [0.717, 1.165) is 42.1 Å². The van der Waals surface area contributed by atoms with E-state index in [4.69, 9.17) is 14.2 Å². The van der Waals surface area contributed by atoms with Crippen LogP contribution in [-0.4, -0.2) is 26.3 Å². The van der Waals surface area contributed by atoms with Crippen molar-refractivity contribution in [2.75, 3.05) is 20.3 Å². The van der Waals surface area contributed by atoms with Crippen molar-refractivity contribution in [1.82, 2.24) is 0 Å². The average molecular weight is 384 g/mol. The van der Waals surface area contributed by atoms with E-state index in [1.807, 2.05) is 62.4 Å². The molecule has 0 aliphatic carbocycles. The van der Waals surface area contributed by atoms with Gasteiger partial charge in [0.05, 0.1) is 37.6 Å². The van der Waals surface area contributed by atoms with Gasteiger partial charge in [-0.2, -0.15) is 10.2 Å². The molecule has 0 aliphatic heterocycles. The molecular weight excluding hydrogens is 356 g/mol. The highest BCUT2D eigenvalue weighted by Crippen LogP contribution is 2.23. The second-order valence-corrected chi connectivity index (χ2v) is 6.42. The number of hydrogen-bond donors (Lipinski definition) is 0. The molecule has 0 bridgehead atoms. The van der Waals surface area contributed by atoms with Gasteiger partial charge in [-0.3, -0.25) is 4.79 Å². The normalized spacial score (nSPS) is 12.0. The van der Waals surface area contributed by atoms with Crippen LogP contribution in [0.3, 0.4) is 0 Å². The number of methoxy groups -OCH3 is 1. The predicted molar refractivity (Wildman–Crippen MR) is 109 cm³/mol. The van der Waals surface area contributed by atoms with Crippen molar-refractivity contribution in [2.45, 2.75) is 33.1 Å². The number of unbranched alkanes of at least 4 members (excludes halogenated alkanes) is 1. The lowest BCUT2D eigenvalue weighted by atomic mass is 10.1. The van der Waals surface area contributed by atoms with E-state index in [1.54, 1.807) is 7.11 Å². The molecule has 1 atom stereocenters. The number of hydrogen-bond acceptors (Lipinski definition) is 6. The summed E-state index contributed by atoms with van der Waals surface area (Å²) in [6.45, 7) is 4.88. The third-order valence-corrected chi connectivity index (χ3v) is 4.26. The molecule has 0 saturated carbocycles. The largest absolute Gasteiger partial charge is 0.497 e. The number of ether oxygens (including phenoxy) is 3. The molecule has 150 valence electrons. The summed E-state index contributed by atoms with van der Waals surface area (Å²) in [6, 6.07) is 14.8. The van der Waals surface area contributed by atoms with Crippen LogP contribution < -0.4 is 9.47 Å². The third-order valence-electron chi connectivity index (χ3n) is 4.26. The van der Waals surface area contributed by atoms with E-state index in [0.29, 0.717) is 13.2 Å². The maximum Gasteiger partial charge on any atom is 0.308 e. The summed E-state index contributed by atoms with van der Waals surface area (Å²) in [6.07, 6.45) is 2.42. The molecule has 0 aromatic heterocycles. The van der Waals surface area contributed by atoms with Gasteiger partial charge in [0.1, 0.15) is 11.5 Å². The lowest BCUT2D eigenvalue weighted by molar-refractivity contribution is -0.148. The van der Waals surface area contributed by atoms with Crippen molar-refractivity contribution in [3.8, 4) is 11.5 Å². The number of azo groups is 1. The van der Waals surface area contributed by atoms with Crippen LogP contribution in [0.15, 0.2) is 58.8 Å². The Morgan fingerprint density at radius 1 is 0.893 bits per heavy atom. The molecule has 0 amide bonds. The summed E-state index contributed by atoms with van der Waals surface area (Å²) in [5, 5.41) is 8.41. The maximum atomic E-state index is 11.6. The Morgan fingerprint density at radius 3 is 1.96 bits per heavy atom. The van der Waals surface area contributed by atoms with Crippen molar-refractivity contribution in [3.05, 3.63) is 48.5 Å². The summed E-state index contributed by atoms with van der Waals surface area (Å²) < 4.78 is 16.0. The molecule has 0 heterocycles. The van der Waals surface area contributed by atoms with Crippen LogP contribution in [0.2, 0.25) is 0 Å². The molecule has 2 aromatic rings. The van der Waals surface area contributed by atoms with Gasteiger partial charge in [-0.1, -0.05) is 13.8 Å². The van der Waals surface area contributed by atoms with Gasteiger partial charge in [0.2, 0.25) is 0 Å².